The molecule has 1 N–H and O–H groups in total. The molecule has 0 saturated carbocycles. The third-order valence-corrected chi connectivity index (χ3v) is 2.94. The molecule has 17 heavy (non-hydrogen) atoms. The van der Waals surface area contributed by atoms with Crippen LogP contribution in [0.4, 0.5) is 0 Å². The Morgan fingerprint density at radius 3 is 2.59 bits per heavy atom. The number of ketones is 1. The van der Waals surface area contributed by atoms with Crippen LogP contribution in [-0.2, 0) is 0 Å². The van der Waals surface area contributed by atoms with Crippen LogP contribution in [0.2, 0.25) is 5.02 Å². The summed E-state index contributed by atoms with van der Waals surface area (Å²) in [7, 11) is 0. The van der Waals surface area contributed by atoms with Crippen LogP contribution >= 0.6 is 11.6 Å². The molecular weight excluding hydrogens is 236 g/mol. The van der Waals surface area contributed by atoms with Crippen LogP contribution in [0.3, 0.4) is 0 Å². The number of rotatable bonds is 2. The number of nitrogens with zero attached hydrogens (tertiary/aromatic N) is 1. The molecule has 0 bridgehead atoms. The highest BCUT2D eigenvalue weighted by Crippen LogP contribution is 2.19. The molecule has 1 aromatic rings. The lowest BCUT2D eigenvalue weighted by Crippen LogP contribution is -2.12. The number of nitrogens with one attached hydrogen (secondary N) is 1. The first kappa shape index (κ1) is 11.7. The summed E-state index contributed by atoms with van der Waals surface area (Å²) in [5.74, 6) is -0.242. The Bertz CT molecular complexity index is 503. The second kappa shape index (κ2) is 5.03. The number of Topliss-reactive ketones (excluding diaryl/α,β-unsaturated/α-hetero) is 1. The summed E-state index contributed by atoms with van der Waals surface area (Å²) in [5.41, 5.74) is 1.46. The number of carbonyl (C=O) groups excluding carboxylic acids is 1. The van der Waals surface area contributed by atoms with Crippen molar-refractivity contribution in [2.24, 2.45) is 0 Å². The minimum Gasteiger partial charge on any atom is -0.387 e. The number of benzene rings is 1. The molecule has 1 aliphatic rings. The standard InChI is InChI=1S/C13H11ClN2O/c14-10-5-3-9(4-6-10)13(17)11(8-15)12-2-1-7-16-12/h3-6,16H,1-2,7H2/b12-11-. The van der Waals surface area contributed by atoms with Crippen molar-refractivity contribution in [3.8, 4) is 6.07 Å². The van der Waals surface area contributed by atoms with Gasteiger partial charge in [-0.2, -0.15) is 5.26 Å². The van der Waals surface area contributed by atoms with Crippen molar-refractivity contribution in [1.29, 1.82) is 5.26 Å². The lowest BCUT2D eigenvalue weighted by atomic mass is 10.0. The minimum absolute atomic E-state index is 0.213. The molecular formula is C13H11ClN2O. The van der Waals surface area contributed by atoms with E-state index in [0.717, 1.165) is 25.1 Å². The molecule has 1 heterocycles. The third kappa shape index (κ3) is 2.48. The molecule has 1 fully saturated rings. The van der Waals surface area contributed by atoms with Gasteiger partial charge in [-0.25, -0.2) is 0 Å². The van der Waals surface area contributed by atoms with Crippen LogP contribution in [-0.4, -0.2) is 12.3 Å². The highest BCUT2D eigenvalue weighted by atomic mass is 35.5. The van der Waals surface area contributed by atoms with Crippen molar-refractivity contribution in [2.45, 2.75) is 12.8 Å². The maximum absolute atomic E-state index is 12.1. The second-order valence-electron chi connectivity index (χ2n) is 3.83. The maximum atomic E-state index is 12.1. The molecule has 2 rings (SSSR count). The maximum Gasteiger partial charge on any atom is 0.205 e. The van der Waals surface area contributed by atoms with Gasteiger partial charge in [0, 0.05) is 22.8 Å². The van der Waals surface area contributed by atoms with Crippen LogP contribution in [0.25, 0.3) is 0 Å². The highest BCUT2D eigenvalue weighted by molar-refractivity contribution is 6.30. The van der Waals surface area contributed by atoms with E-state index in [9.17, 15) is 4.79 Å². The van der Waals surface area contributed by atoms with Gasteiger partial charge in [0.05, 0.1) is 0 Å². The largest absolute Gasteiger partial charge is 0.387 e. The molecule has 0 atom stereocenters. The van der Waals surface area contributed by atoms with Crippen LogP contribution in [0, 0.1) is 11.3 Å². The summed E-state index contributed by atoms with van der Waals surface area (Å²) >= 11 is 5.76. The molecule has 1 aromatic carbocycles. The van der Waals surface area contributed by atoms with E-state index in [2.05, 4.69) is 5.32 Å². The Morgan fingerprint density at radius 2 is 2.06 bits per heavy atom. The first-order chi connectivity index (χ1) is 8.22. The van der Waals surface area contributed by atoms with Crippen molar-refractivity contribution in [2.75, 3.05) is 6.54 Å². The van der Waals surface area contributed by atoms with Crippen molar-refractivity contribution in [3.05, 3.63) is 46.1 Å². The van der Waals surface area contributed by atoms with Gasteiger partial charge in [0.25, 0.3) is 0 Å². The molecule has 1 saturated heterocycles. The van der Waals surface area contributed by atoms with Gasteiger partial charge in [0.1, 0.15) is 11.6 Å². The molecule has 0 radical (unpaired) electrons. The number of allylic oxidation sites excluding steroid dienone is 2. The van der Waals surface area contributed by atoms with Crippen molar-refractivity contribution in [1.82, 2.24) is 5.32 Å². The molecule has 0 amide bonds. The molecule has 0 aliphatic carbocycles. The van der Waals surface area contributed by atoms with E-state index >= 15 is 0 Å². The lowest BCUT2D eigenvalue weighted by molar-refractivity contribution is 0.103. The number of hydrogen-bond acceptors (Lipinski definition) is 3. The Balaban J connectivity index is 2.33. The summed E-state index contributed by atoms with van der Waals surface area (Å²) in [4.78, 5) is 12.1. The van der Waals surface area contributed by atoms with E-state index in [4.69, 9.17) is 16.9 Å². The monoisotopic (exact) mass is 246 g/mol. The first-order valence-corrected chi connectivity index (χ1v) is 5.77. The normalized spacial score (nSPS) is 17.2. The average Bonchev–Trinajstić information content (AvgIpc) is 2.84. The Kier molecular flexibility index (Phi) is 3.46. The average molecular weight is 247 g/mol. The predicted molar refractivity (Wildman–Crippen MR) is 65.7 cm³/mol. The predicted octanol–water partition coefficient (Wildman–Crippen LogP) is 2.68. The van der Waals surface area contributed by atoms with E-state index in [1.807, 2.05) is 6.07 Å². The quantitative estimate of drug-likeness (QED) is 0.496. The zero-order chi connectivity index (χ0) is 12.3. The molecule has 0 aromatic heterocycles. The van der Waals surface area contributed by atoms with Gasteiger partial charge < -0.3 is 5.32 Å². The summed E-state index contributed by atoms with van der Waals surface area (Å²) < 4.78 is 0. The topological polar surface area (TPSA) is 52.9 Å². The van der Waals surface area contributed by atoms with Gasteiger partial charge in [-0.3, -0.25) is 4.79 Å². The first-order valence-electron chi connectivity index (χ1n) is 5.40. The van der Waals surface area contributed by atoms with Crippen molar-refractivity contribution in [3.63, 3.8) is 0 Å². The van der Waals surface area contributed by atoms with Gasteiger partial charge in [0.2, 0.25) is 5.78 Å². The molecule has 3 nitrogen and oxygen atoms in total. The van der Waals surface area contributed by atoms with Gasteiger partial charge in [-0.15, -0.1) is 0 Å². The van der Waals surface area contributed by atoms with E-state index in [1.165, 1.54) is 0 Å². The Labute approximate surface area is 105 Å². The zero-order valence-corrected chi connectivity index (χ0v) is 9.92. The number of hydrogen-bond donors (Lipinski definition) is 1. The highest BCUT2D eigenvalue weighted by Gasteiger charge is 2.19. The van der Waals surface area contributed by atoms with Crippen LogP contribution in [0.1, 0.15) is 23.2 Å². The van der Waals surface area contributed by atoms with E-state index in [1.54, 1.807) is 24.3 Å². The lowest BCUT2D eigenvalue weighted by Gasteiger charge is -2.04. The number of nitriles is 1. The summed E-state index contributed by atoms with van der Waals surface area (Å²) in [6, 6.07) is 8.56. The zero-order valence-electron chi connectivity index (χ0n) is 9.16. The van der Waals surface area contributed by atoms with Gasteiger partial charge in [-0.05, 0) is 37.1 Å². The SMILES string of the molecule is N#C/C(C(=O)c1ccc(Cl)cc1)=C1\CCCN1. The second-order valence-corrected chi connectivity index (χ2v) is 4.27. The van der Waals surface area contributed by atoms with Gasteiger partial charge >= 0.3 is 0 Å². The third-order valence-electron chi connectivity index (χ3n) is 2.69. The minimum atomic E-state index is -0.242. The molecule has 0 unspecified atom stereocenters. The molecule has 1 aliphatic heterocycles. The number of carbonyl (C=O) groups is 1. The van der Waals surface area contributed by atoms with Crippen LogP contribution < -0.4 is 5.32 Å². The van der Waals surface area contributed by atoms with E-state index in [0.29, 0.717) is 10.6 Å². The fourth-order valence-electron chi connectivity index (χ4n) is 1.81. The molecule has 86 valence electrons. The van der Waals surface area contributed by atoms with Crippen molar-refractivity contribution < 1.29 is 4.79 Å². The Hall–Kier alpha value is -1.79. The van der Waals surface area contributed by atoms with Crippen LogP contribution in [0.15, 0.2) is 35.5 Å². The van der Waals surface area contributed by atoms with Crippen LogP contribution in [0.5, 0.6) is 0 Å². The van der Waals surface area contributed by atoms with Gasteiger partial charge in [0.15, 0.2) is 0 Å². The van der Waals surface area contributed by atoms with E-state index in [-0.39, 0.29) is 11.4 Å². The fourth-order valence-corrected chi connectivity index (χ4v) is 1.93. The summed E-state index contributed by atoms with van der Waals surface area (Å²) in [6.45, 7) is 0.828. The van der Waals surface area contributed by atoms with Gasteiger partial charge in [-0.1, -0.05) is 11.6 Å². The summed E-state index contributed by atoms with van der Waals surface area (Å²) in [6.07, 6.45) is 1.73. The summed E-state index contributed by atoms with van der Waals surface area (Å²) in [5, 5.41) is 12.7. The molecule has 0 spiro atoms. The van der Waals surface area contributed by atoms with E-state index < -0.39 is 0 Å². The smallest absolute Gasteiger partial charge is 0.205 e. The number of halogens is 1. The van der Waals surface area contributed by atoms with Crippen molar-refractivity contribution >= 4 is 17.4 Å². The molecule has 4 heteroatoms. The fraction of sp³-hybridized carbons (Fsp3) is 0.231. The Morgan fingerprint density at radius 1 is 1.35 bits per heavy atom.